The van der Waals surface area contributed by atoms with Crippen molar-refractivity contribution < 1.29 is 9.52 Å². The lowest BCUT2D eigenvalue weighted by Crippen LogP contribution is -2.21. The van der Waals surface area contributed by atoms with Crippen LogP contribution in [0, 0.1) is 6.92 Å². The Morgan fingerprint density at radius 1 is 1.62 bits per heavy atom. The van der Waals surface area contributed by atoms with Crippen LogP contribution in [0.3, 0.4) is 0 Å². The quantitative estimate of drug-likeness (QED) is 0.743. The first-order valence-electron chi connectivity index (χ1n) is 4.70. The number of aryl methyl sites for hydroxylation is 1. The number of β-amino-alcohol motifs (C(OH)–C–C–N with tert-alkyl or cyclic N) is 1. The molecule has 0 aliphatic carbocycles. The van der Waals surface area contributed by atoms with Gasteiger partial charge in [0.25, 0.3) is 0 Å². The highest BCUT2D eigenvalue weighted by molar-refractivity contribution is 5.05. The molecule has 1 N–H and O–H groups in total. The lowest BCUT2D eigenvalue weighted by atomic mass is 10.3. The molecule has 72 valence electrons. The fourth-order valence-corrected chi connectivity index (χ4v) is 1.75. The summed E-state index contributed by atoms with van der Waals surface area (Å²) in [6, 6.07) is 3.97. The fourth-order valence-electron chi connectivity index (χ4n) is 1.75. The molecular formula is C10H15NO2. The highest BCUT2D eigenvalue weighted by atomic mass is 16.3. The molecule has 2 heterocycles. The van der Waals surface area contributed by atoms with Crippen LogP contribution in [0.1, 0.15) is 17.9 Å². The summed E-state index contributed by atoms with van der Waals surface area (Å²) >= 11 is 0. The van der Waals surface area contributed by atoms with Gasteiger partial charge in [0, 0.05) is 13.1 Å². The molecule has 1 atom stereocenters. The summed E-state index contributed by atoms with van der Waals surface area (Å²) in [7, 11) is 0. The first kappa shape index (κ1) is 8.78. The van der Waals surface area contributed by atoms with Crippen LogP contribution < -0.4 is 0 Å². The van der Waals surface area contributed by atoms with Gasteiger partial charge in [-0.1, -0.05) is 0 Å². The van der Waals surface area contributed by atoms with Gasteiger partial charge < -0.3 is 9.52 Å². The van der Waals surface area contributed by atoms with Crippen LogP contribution in [-0.2, 0) is 6.54 Å². The minimum atomic E-state index is -0.143. The van der Waals surface area contributed by atoms with Gasteiger partial charge >= 0.3 is 0 Å². The van der Waals surface area contributed by atoms with E-state index in [0.717, 1.165) is 37.6 Å². The molecular weight excluding hydrogens is 166 g/mol. The summed E-state index contributed by atoms with van der Waals surface area (Å²) < 4.78 is 5.46. The van der Waals surface area contributed by atoms with Crippen molar-refractivity contribution in [1.82, 2.24) is 4.90 Å². The van der Waals surface area contributed by atoms with Gasteiger partial charge in [0.1, 0.15) is 11.5 Å². The Balaban J connectivity index is 1.91. The molecule has 0 saturated carbocycles. The van der Waals surface area contributed by atoms with E-state index in [-0.39, 0.29) is 6.10 Å². The number of rotatable bonds is 2. The molecule has 1 aromatic heterocycles. The topological polar surface area (TPSA) is 36.6 Å². The van der Waals surface area contributed by atoms with Crippen molar-refractivity contribution in [3.63, 3.8) is 0 Å². The Morgan fingerprint density at radius 3 is 3.00 bits per heavy atom. The third kappa shape index (κ3) is 2.11. The monoisotopic (exact) mass is 181 g/mol. The maximum absolute atomic E-state index is 9.31. The Labute approximate surface area is 78.0 Å². The van der Waals surface area contributed by atoms with Gasteiger partial charge in [-0.25, -0.2) is 0 Å². The van der Waals surface area contributed by atoms with Crippen LogP contribution >= 0.6 is 0 Å². The third-order valence-corrected chi connectivity index (χ3v) is 2.42. The molecule has 1 fully saturated rings. The normalized spacial score (nSPS) is 24.0. The van der Waals surface area contributed by atoms with Crippen LogP contribution in [-0.4, -0.2) is 29.2 Å². The second-order valence-electron chi connectivity index (χ2n) is 3.69. The predicted molar refractivity (Wildman–Crippen MR) is 49.3 cm³/mol. The number of likely N-dealkylation sites (tertiary alicyclic amines) is 1. The molecule has 1 aliphatic heterocycles. The molecule has 0 amide bonds. The van der Waals surface area contributed by atoms with Crippen molar-refractivity contribution in [2.24, 2.45) is 0 Å². The lowest BCUT2D eigenvalue weighted by molar-refractivity contribution is 0.172. The lowest BCUT2D eigenvalue weighted by Gasteiger charge is -2.12. The van der Waals surface area contributed by atoms with E-state index in [1.165, 1.54) is 0 Å². The molecule has 0 radical (unpaired) electrons. The molecule has 1 saturated heterocycles. The fraction of sp³-hybridized carbons (Fsp3) is 0.600. The number of furan rings is 1. The zero-order valence-corrected chi connectivity index (χ0v) is 7.86. The molecule has 1 aromatic rings. The summed E-state index contributed by atoms with van der Waals surface area (Å²) in [5, 5.41) is 9.31. The minimum absolute atomic E-state index is 0.143. The first-order valence-corrected chi connectivity index (χ1v) is 4.70. The molecule has 0 spiro atoms. The van der Waals surface area contributed by atoms with Crippen molar-refractivity contribution in [2.75, 3.05) is 13.1 Å². The summed E-state index contributed by atoms with van der Waals surface area (Å²) in [6.07, 6.45) is 0.746. The van der Waals surface area contributed by atoms with Crippen LogP contribution in [0.2, 0.25) is 0 Å². The van der Waals surface area contributed by atoms with E-state index < -0.39 is 0 Å². The number of aliphatic hydroxyl groups is 1. The Hall–Kier alpha value is -0.800. The summed E-state index contributed by atoms with van der Waals surface area (Å²) in [4.78, 5) is 2.21. The van der Waals surface area contributed by atoms with Crippen LogP contribution in [0.25, 0.3) is 0 Å². The van der Waals surface area contributed by atoms with Gasteiger partial charge in [-0.05, 0) is 25.5 Å². The molecule has 1 aliphatic rings. The van der Waals surface area contributed by atoms with Crippen molar-refractivity contribution in [3.05, 3.63) is 23.7 Å². The summed E-state index contributed by atoms with van der Waals surface area (Å²) in [5.41, 5.74) is 0. The highest BCUT2D eigenvalue weighted by Crippen LogP contribution is 2.14. The largest absolute Gasteiger partial charge is 0.465 e. The average Bonchev–Trinajstić information content (AvgIpc) is 2.62. The zero-order chi connectivity index (χ0) is 9.26. The van der Waals surface area contributed by atoms with Gasteiger partial charge in [0.15, 0.2) is 0 Å². The molecule has 3 heteroatoms. The van der Waals surface area contributed by atoms with Crippen LogP contribution in [0.4, 0.5) is 0 Å². The second-order valence-corrected chi connectivity index (χ2v) is 3.69. The Bertz CT molecular complexity index is 282. The molecule has 0 bridgehead atoms. The van der Waals surface area contributed by atoms with Crippen molar-refractivity contribution in [2.45, 2.75) is 26.0 Å². The predicted octanol–water partition coefficient (Wildman–Crippen LogP) is 1.15. The Morgan fingerprint density at radius 2 is 2.46 bits per heavy atom. The van der Waals surface area contributed by atoms with Crippen molar-refractivity contribution in [3.8, 4) is 0 Å². The third-order valence-electron chi connectivity index (χ3n) is 2.42. The van der Waals surface area contributed by atoms with Crippen molar-refractivity contribution >= 4 is 0 Å². The van der Waals surface area contributed by atoms with E-state index in [9.17, 15) is 5.11 Å². The molecule has 3 nitrogen and oxygen atoms in total. The average molecular weight is 181 g/mol. The van der Waals surface area contributed by atoms with Gasteiger partial charge in [-0.3, -0.25) is 4.90 Å². The van der Waals surface area contributed by atoms with Crippen molar-refractivity contribution in [1.29, 1.82) is 0 Å². The number of nitrogens with zero attached hydrogens (tertiary/aromatic N) is 1. The van der Waals surface area contributed by atoms with E-state index in [1.807, 2.05) is 19.1 Å². The molecule has 0 unspecified atom stereocenters. The summed E-state index contributed by atoms with van der Waals surface area (Å²) in [6.45, 7) is 4.52. The highest BCUT2D eigenvalue weighted by Gasteiger charge is 2.20. The Kier molecular flexibility index (Phi) is 2.38. The number of hydrogen-bond acceptors (Lipinski definition) is 3. The second kappa shape index (κ2) is 3.52. The van der Waals surface area contributed by atoms with Crippen LogP contribution in [0.15, 0.2) is 16.5 Å². The van der Waals surface area contributed by atoms with E-state index in [1.54, 1.807) is 0 Å². The van der Waals surface area contributed by atoms with Gasteiger partial charge in [-0.15, -0.1) is 0 Å². The maximum atomic E-state index is 9.31. The SMILES string of the molecule is Cc1ccc(CN2CC[C@@H](O)C2)o1. The smallest absolute Gasteiger partial charge is 0.118 e. The standard InChI is InChI=1S/C10H15NO2/c1-8-2-3-10(13-8)7-11-5-4-9(12)6-11/h2-3,9,12H,4-7H2,1H3/t9-/m1/s1. The molecule has 13 heavy (non-hydrogen) atoms. The molecule has 0 aromatic carbocycles. The van der Waals surface area contributed by atoms with Gasteiger partial charge in [-0.2, -0.15) is 0 Å². The van der Waals surface area contributed by atoms with Gasteiger partial charge in [0.2, 0.25) is 0 Å². The van der Waals surface area contributed by atoms with E-state index in [0.29, 0.717) is 0 Å². The number of aliphatic hydroxyl groups excluding tert-OH is 1. The first-order chi connectivity index (χ1) is 6.24. The zero-order valence-electron chi connectivity index (χ0n) is 7.86. The summed E-state index contributed by atoms with van der Waals surface area (Å²) in [5.74, 6) is 1.95. The number of hydrogen-bond donors (Lipinski definition) is 1. The van der Waals surface area contributed by atoms with E-state index in [2.05, 4.69) is 4.90 Å². The van der Waals surface area contributed by atoms with E-state index >= 15 is 0 Å². The van der Waals surface area contributed by atoms with Gasteiger partial charge in [0.05, 0.1) is 12.6 Å². The molecule has 2 rings (SSSR count). The van der Waals surface area contributed by atoms with E-state index in [4.69, 9.17) is 4.42 Å². The van der Waals surface area contributed by atoms with Crippen LogP contribution in [0.5, 0.6) is 0 Å². The maximum Gasteiger partial charge on any atom is 0.118 e. The minimum Gasteiger partial charge on any atom is -0.465 e.